The summed E-state index contributed by atoms with van der Waals surface area (Å²) in [7, 11) is 0. The van der Waals surface area contributed by atoms with E-state index in [4.69, 9.17) is 0 Å². The zero-order valence-corrected chi connectivity index (χ0v) is 11.4. The maximum Gasteiger partial charge on any atom is 0.0645 e. The molecule has 0 spiro atoms. The fraction of sp³-hybridized carbons (Fsp3) is 0.438. The third kappa shape index (κ3) is 2.87. The largest absolute Gasteiger partial charge is 0.316 e. The first-order valence-electron chi connectivity index (χ1n) is 7.19. The molecule has 1 aromatic heterocycles. The first kappa shape index (κ1) is 12.4. The molecular weight excluding hydrogens is 234 g/mol. The van der Waals surface area contributed by atoms with Gasteiger partial charge in [0.2, 0.25) is 0 Å². The van der Waals surface area contributed by atoms with E-state index in [-0.39, 0.29) is 0 Å². The van der Waals surface area contributed by atoms with Crippen molar-refractivity contribution in [2.24, 2.45) is 5.92 Å². The van der Waals surface area contributed by atoms with Crippen LogP contribution in [0.2, 0.25) is 0 Å². The molecule has 0 aliphatic heterocycles. The summed E-state index contributed by atoms with van der Waals surface area (Å²) in [5.74, 6) is 1.52. The lowest BCUT2D eigenvalue weighted by atomic mass is 10.2. The second kappa shape index (κ2) is 5.57. The summed E-state index contributed by atoms with van der Waals surface area (Å²) in [6.07, 6.45) is 6.72. The predicted molar refractivity (Wildman–Crippen MR) is 77.6 cm³/mol. The lowest BCUT2D eigenvalue weighted by Gasteiger charge is -2.01. The van der Waals surface area contributed by atoms with E-state index in [1.165, 1.54) is 18.4 Å². The summed E-state index contributed by atoms with van der Waals surface area (Å²) in [5, 5.41) is 7.98. The predicted octanol–water partition coefficient (Wildman–Crippen LogP) is 2.98. The Hall–Kier alpha value is -1.61. The second-order valence-corrected chi connectivity index (χ2v) is 5.36. The van der Waals surface area contributed by atoms with Crippen molar-refractivity contribution in [3.05, 3.63) is 48.3 Å². The molecule has 2 unspecified atom stereocenters. The minimum Gasteiger partial charge on any atom is -0.316 e. The van der Waals surface area contributed by atoms with Crippen molar-refractivity contribution in [2.75, 3.05) is 13.1 Å². The Morgan fingerprint density at radius 2 is 2.16 bits per heavy atom. The van der Waals surface area contributed by atoms with Crippen molar-refractivity contribution in [2.45, 2.75) is 25.7 Å². The van der Waals surface area contributed by atoms with Crippen LogP contribution < -0.4 is 5.32 Å². The van der Waals surface area contributed by atoms with Crippen LogP contribution in [0.15, 0.2) is 42.7 Å². The Morgan fingerprint density at radius 1 is 1.32 bits per heavy atom. The number of hydrogen-bond donors (Lipinski definition) is 1. The van der Waals surface area contributed by atoms with Crippen molar-refractivity contribution >= 4 is 0 Å². The quantitative estimate of drug-likeness (QED) is 0.804. The zero-order chi connectivity index (χ0) is 13.1. The molecule has 0 saturated heterocycles. The summed E-state index contributed by atoms with van der Waals surface area (Å²) in [6, 6.07) is 10.3. The Balaban J connectivity index is 1.61. The maximum absolute atomic E-state index is 4.47. The van der Waals surface area contributed by atoms with Crippen molar-refractivity contribution < 1.29 is 0 Å². The number of para-hydroxylation sites is 1. The maximum atomic E-state index is 4.47. The van der Waals surface area contributed by atoms with E-state index in [9.17, 15) is 0 Å². The van der Waals surface area contributed by atoms with E-state index in [1.807, 2.05) is 29.1 Å². The van der Waals surface area contributed by atoms with Gasteiger partial charge in [0.05, 0.1) is 11.9 Å². The van der Waals surface area contributed by atoms with Crippen LogP contribution in [-0.4, -0.2) is 22.9 Å². The zero-order valence-electron chi connectivity index (χ0n) is 11.4. The summed E-state index contributed by atoms with van der Waals surface area (Å²) in [5.41, 5.74) is 2.52. The number of nitrogens with zero attached hydrogens (tertiary/aromatic N) is 2. The fourth-order valence-corrected chi connectivity index (χ4v) is 2.60. The number of aromatic nitrogens is 2. The molecule has 100 valence electrons. The van der Waals surface area contributed by atoms with Gasteiger partial charge in [0.1, 0.15) is 0 Å². The molecule has 1 aromatic carbocycles. The van der Waals surface area contributed by atoms with Gasteiger partial charge in [0, 0.05) is 6.20 Å². The minimum absolute atomic E-state index is 0.710. The molecule has 1 fully saturated rings. The summed E-state index contributed by atoms with van der Waals surface area (Å²) in [4.78, 5) is 0. The molecule has 1 aliphatic carbocycles. The first-order valence-corrected chi connectivity index (χ1v) is 7.19. The average molecular weight is 255 g/mol. The van der Waals surface area contributed by atoms with Crippen LogP contribution in [0.5, 0.6) is 0 Å². The van der Waals surface area contributed by atoms with Gasteiger partial charge in [-0.1, -0.05) is 25.1 Å². The van der Waals surface area contributed by atoms with Crippen LogP contribution in [0.4, 0.5) is 0 Å². The molecule has 1 saturated carbocycles. The molecule has 1 heterocycles. The smallest absolute Gasteiger partial charge is 0.0645 e. The molecule has 2 atom stereocenters. The molecule has 19 heavy (non-hydrogen) atoms. The Bertz CT molecular complexity index is 518. The average Bonchev–Trinajstić information content (AvgIpc) is 3.06. The molecule has 0 radical (unpaired) electrons. The van der Waals surface area contributed by atoms with E-state index >= 15 is 0 Å². The number of hydrogen-bond acceptors (Lipinski definition) is 2. The highest BCUT2D eigenvalue weighted by molar-refractivity contribution is 5.32. The summed E-state index contributed by atoms with van der Waals surface area (Å²) >= 11 is 0. The molecule has 0 amide bonds. The monoisotopic (exact) mass is 255 g/mol. The Morgan fingerprint density at radius 3 is 2.95 bits per heavy atom. The van der Waals surface area contributed by atoms with Crippen molar-refractivity contribution in [1.82, 2.24) is 15.1 Å². The van der Waals surface area contributed by atoms with Gasteiger partial charge in [-0.15, -0.1) is 0 Å². The second-order valence-electron chi connectivity index (χ2n) is 5.36. The van der Waals surface area contributed by atoms with Crippen LogP contribution in [0.3, 0.4) is 0 Å². The molecule has 1 N–H and O–H groups in total. The van der Waals surface area contributed by atoms with E-state index < -0.39 is 0 Å². The van der Waals surface area contributed by atoms with Gasteiger partial charge in [0.15, 0.2) is 0 Å². The topological polar surface area (TPSA) is 29.9 Å². The van der Waals surface area contributed by atoms with Gasteiger partial charge in [-0.2, -0.15) is 5.10 Å². The fourth-order valence-electron chi connectivity index (χ4n) is 2.60. The highest BCUT2D eigenvalue weighted by Gasteiger charge is 2.38. The third-order valence-electron chi connectivity index (χ3n) is 3.81. The van der Waals surface area contributed by atoms with Crippen molar-refractivity contribution in [3.63, 3.8) is 0 Å². The molecule has 0 bridgehead atoms. The number of benzene rings is 1. The highest BCUT2D eigenvalue weighted by atomic mass is 15.3. The third-order valence-corrected chi connectivity index (χ3v) is 3.81. The Labute approximate surface area is 114 Å². The van der Waals surface area contributed by atoms with Gasteiger partial charge in [-0.05, 0) is 55.5 Å². The van der Waals surface area contributed by atoms with Crippen LogP contribution in [0, 0.1) is 5.92 Å². The molecule has 3 heteroatoms. The van der Waals surface area contributed by atoms with Gasteiger partial charge in [-0.3, -0.25) is 0 Å². The van der Waals surface area contributed by atoms with Crippen LogP contribution in [-0.2, 0) is 0 Å². The molecular formula is C16H21N3. The molecule has 3 rings (SSSR count). The van der Waals surface area contributed by atoms with Crippen LogP contribution >= 0.6 is 0 Å². The Kier molecular flexibility index (Phi) is 3.65. The van der Waals surface area contributed by atoms with Crippen LogP contribution in [0.25, 0.3) is 5.69 Å². The van der Waals surface area contributed by atoms with Gasteiger partial charge in [0.25, 0.3) is 0 Å². The van der Waals surface area contributed by atoms with Gasteiger partial charge < -0.3 is 5.32 Å². The highest BCUT2D eigenvalue weighted by Crippen LogP contribution is 2.46. The van der Waals surface area contributed by atoms with Crippen LogP contribution in [0.1, 0.15) is 31.2 Å². The van der Waals surface area contributed by atoms with E-state index in [0.717, 1.165) is 24.7 Å². The lowest BCUT2D eigenvalue weighted by molar-refractivity contribution is 0.620. The van der Waals surface area contributed by atoms with Gasteiger partial charge in [-0.25, -0.2) is 4.68 Å². The molecule has 3 nitrogen and oxygen atoms in total. The summed E-state index contributed by atoms with van der Waals surface area (Å²) < 4.78 is 1.98. The lowest BCUT2D eigenvalue weighted by Crippen LogP contribution is -2.17. The molecule has 2 aromatic rings. The number of nitrogens with one attached hydrogen (secondary N) is 1. The van der Waals surface area contributed by atoms with E-state index in [0.29, 0.717) is 5.92 Å². The first-order chi connectivity index (χ1) is 9.38. The normalized spacial score (nSPS) is 21.5. The van der Waals surface area contributed by atoms with Crippen molar-refractivity contribution in [3.8, 4) is 5.69 Å². The standard InChI is InChI=1S/C16H21N3/c1-2-8-17-10-13-9-16(13)14-11-18-19(12-14)15-6-4-3-5-7-15/h3-7,11-13,16-17H,2,8-10H2,1H3. The number of rotatable bonds is 6. The molecule has 1 aliphatic rings. The van der Waals surface area contributed by atoms with E-state index in [2.05, 4.69) is 35.7 Å². The SMILES string of the molecule is CCCNCC1CC1c1cnn(-c2ccccc2)c1. The minimum atomic E-state index is 0.710. The van der Waals surface area contributed by atoms with Gasteiger partial charge >= 0.3 is 0 Å². The van der Waals surface area contributed by atoms with E-state index in [1.54, 1.807) is 0 Å². The van der Waals surface area contributed by atoms with Crippen molar-refractivity contribution in [1.29, 1.82) is 0 Å². The summed E-state index contributed by atoms with van der Waals surface area (Å²) in [6.45, 7) is 4.49.